The lowest BCUT2D eigenvalue weighted by Gasteiger charge is -2.55. The van der Waals surface area contributed by atoms with Crippen molar-refractivity contribution in [3.8, 4) is 0 Å². The average Bonchev–Trinajstić information content (AvgIpc) is 2.33. The second-order valence-electron chi connectivity index (χ2n) is 6.95. The van der Waals surface area contributed by atoms with Crippen molar-refractivity contribution < 1.29 is 0 Å². The van der Waals surface area contributed by atoms with E-state index >= 15 is 0 Å². The van der Waals surface area contributed by atoms with Crippen molar-refractivity contribution in [1.29, 1.82) is 0 Å². The Morgan fingerprint density at radius 3 is 2.33 bits per heavy atom. The molecule has 1 aliphatic heterocycles. The largest absolute Gasteiger partial charge is 0.296 e. The number of rotatable bonds is 2. The molecule has 0 radical (unpaired) electrons. The molecule has 1 aliphatic rings. The van der Waals surface area contributed by atoms with Crippen LogP contribution in [0.2, 0.25) is 0 Å². The van der Waals surface area contributed by atoms with Gasteiger partial charge in [0.2, 0.25) is 0 Å². The second kappa shape index (κ2) is 4.70. The first-order valence-corrected chi connectivity index (χ1v) is 7.12. The van der Waals surface area contributed by atoms with Gasteiger partial charge in [0.25, 0.3) is 0 Å². The number of piperidine rings is 1. The molecule has 0 amide bonds. The maximum atomic E-state index is 2.58. The van der Waals surface area contributed by atoms with Crippen LogP contribution in [0.5, 0.6) is 0 Å². The summed E-state index contributed by atoms with van der Waals surface area (Å²) in [5.74, 6) is 0.748. The number of hydrogen-bond donors (Lipinski definition) is 0. The molecule has 0 spiro atoms. The van der Waals surface area contributed by atoms with Gasteiger partial charge in [0, 0.05) is 11.1 Å². The van der Waals surface area contributed by atoms with Crippen molar-refractivity contribution in [1.82, 2.24) is 4.90 Å². The van der Waals surface area contributed by atoms with Crippen LogP contribution in [0.4, 0.5) is 0 Å². The number of benzene rings is 1. The van der Waals surface area contributed by atoms with E-state index in [1.54, 1.807) is 0 Å². The van der Waals surface area contributed by atoms with E-state index in [9.17, 15) is 0 Å². The predicted molar refractivity (Wildman–Crippen MR) is 78.8 cm³/mol. The summed E-state index contributed by atoms with van der Waals surface area (Å²) in [5.41, 5.74) is 2.08. The Morgan fingerprint density at radius 2 is 1.72 bits per heavy atom. The van der Waals surface area contributed by atoms with Gasteiger partial charge in [-0.1, -0.05) is 30.3 Å². The molecule has 100 valence electrons. The van der Waals surface area contributed by atoms with Crippen LogP contribution in [0.1, 0.15) is 46.1 Å². The fourth-order valence-electron chi connectivity index (χ4n) is 3.35. The molecule has 1 heterocycles. The summed E-state index contributed by atoms with van der Waals surface area (Å²) in [6.07, 6.45) is 3.83. The monoisotopic (exact) mass is 245 g/mol. The van der Waals surface area contributed by atoms with Crippen molar-refractivity contribution >= 4 is 0 Å². The lowest BCUT2D eigenvalue weighted by atomic mass is 9.70. The Kier molecular flexibility index (Phi) is 3.55. The van der Waals surface area contributed by atoms with Crippen LogP contribution in [0.15, 0.2) is 30.3 Å². The van der Waals surface area contributed by atoms with Gasteiger partial charge in [0.05, 0.1) is 0 Å². The Hall–Kier alpha value is -0.820. The van der Waals surface area contributed by atoms with E-state index in [-0.39, 0.29) is 5.54 Å². The van der Waals surface area contributed by atoms with Crippen molar-refractivity contribution in [2.75, 3.05) is 7.05 Å². The molecule has 1 fully saturated rings. The smallest absolute Gasteiger partial charge is 0.0186 e. The Morgan fingerprint density at radius 1 is 1.11 bits per heavy atom. The molecule has 1 unspecified atom stereocenters. The fraction of sp³-hybridized carbons (Fsp3) is 0.647. The highest BCUT2D eigenvalue weighted by Gasteiger charge is 2.44. The SMILES string of the molecule is CN1C(C)(C)CCC(Cc2ccccc2)C1(C)C. The Labute approximate surface area is 112 Å². The van der Waals surface area contributed by atoms with E-state index in [0.29, 0.717) is 5.54 Å². The van der Waals surface area contributed by atoms with Gasteiger partial charge in [-0.15, -0.1) is 0 Å². The third-order valence-electron chi connectivity index (χ3n) is 5.20. The summed E-state index contributed by atoms with van der Waals surface area (Å²) >= 11 is 0. The maximum Gasteiger partial charge on any atom is 0.0186 e. The lowest BCUT2D eigenvalue weighted by molar-refractivity contribution is -0.0441. The first kappa shape index (κ1) is 13.6. The molecular weight excluding hydrogens is 218 g/mol. The van der Waals surface area contributed by atoms with Gasteiger partial charge < -0.3 is 0 Å². The number of nitrogens with zero attached hydrogens (tertiary/aromatic N) is 1. The molecule has 18 heavy (non-hydrogen) atoms. The molecule has 2 rings (SSSR count). The van der Waals surface area contributed by atoms with Gasteiger partial charge in [-0.25, -0.2) is 0 Å². The Balaban J connectivity index is 2.15. The highest BCUT2D eigenvalue weighted by molar-refractivity contribution is 5.17. The molecule has 0 aromatic heterocycles. The number of likely N-dealkylation sites (tertiary alicyclic amines) is 1. The zero-order valence-corrected chi connectivity index (χ0v) is 12.5. The molecule has 1 saturated heterocycles. The molecule has 0 N–H and O–H groups in total. The van der Waals surface area contributed by atoms with E-state index in [0.717, 1.165) is 5.92 Å². The molecule has 0 bridgehead atoms. The molecule has 0 aliphatic carbocycles. The first-order valence-electron chi connectivity index (χ1n) is 7.12. The molecule has 1 nitrogen and oxygen atoms in total. The average molecular weight is 245 g/mol. The highest BCUT2D eigenvalue weighted by atomic mass is 15.2. The molecule has 1 atom stereocenters. The van der Waals surface area contributed by atoms with Gasteiger partial charge in [-0.3, -0.25) is 4.90 Å². The number of hydrogen-bond acceptors (Lipinski definition) is 1. The van der Waals surface area contributed by atoms with Gasteiger partial charge in [-0.2, -0.15) is 0 Å². The van der Waals surface area contributed by atoms with E-state index in [1.807, 2.05) is 0 Å². The minimum Gasteiger partial charge on any atom is -0.296 e. The topological polar surface area (TPSA) is 3.24 Å². The second-order valence-corrected chi connectivity index (χ2v) is 6.95. The highest BCUT2D eigenvalue weighted by Crippen LogP contribution is 2.42. The van der Waals surface area contributed by atoms with Crippen LogP contribution in [-0.2, 0) is 6.42 Å². The van der Waals surface area contributed by atoms with Crippen molar-refractivity contribution in [2.24, 2.45) is 5.92 Å². The zero-order valence-electron chi connectivity index (χ0n) is 12.5. The molecule has 1 aromatic rings. The lowest BCUT2D eigenvalue weighted by Crippen LogP contribution is -2.60. The molecular formula is C17H27N. The van der Waals surface area contributed by atoms with E-state index in [1.165, 1.54) is 24.8 Å². The van der Waals surface area contributed by atoms with E-state index < -0.39 is 0 Å². The standard InChI is InChI=1S/C17H27N/c1-16(2)12-11-15(17(3,4)18(16)5)13-14-9-7-6-8-10-14/h6-10,15H,11-13H2,1-5H3. The van der Waals surface area contributed by atoms with E-state index in [2.05, 4.69) is 70.0 Å². The minimum absolute atomic E-state index is 0.275. The third kappa shape index (κ3) is 2.47. The van der Waals surface area contributed by atoms with Gasteiger partial charge >= 0.3 is 0 Å². The zero-order chi connectivity index (χ0) is 13.4. The molecule has 1 aromatic carbocycles. The van der Waals surface area contributed by atoms with Gasteiger partial charge in [-0.05, 0) is 65.5 Å². The summed E-state index contributed by atoms with van der Waals surface area (Å²) in [6.45, 7) is 9.55. The van der Waals surface area contributed by atoms with E-state index in [4.69, 9.17) is 0 Å². The fourth-order valence-corrected chi connectivity index (χ4v) is 3.35. The summed E-state index contributed by atoms with van der Waals surface area (Å²) in [5, 5.41) is 0. The maximum absolute atomic E-state index is 2.58. The summed E-state index contributed by atoms with van der Waals surface area (Å²) in [6, 6.07) is 10.9. The first-order chi connectivity index (χ1) is 8.34. The van der Waals surface area contributed by atoms with Crippen LogP contribution in [0, 0.1) is 5.92 Å². The molecule has 0 saturated carbocycles. The van der Waals surface area contributed by atoms with Gasteiger partial charge in [0.1, 0.15) is 0 Å². The van der Waals surface area contributed by atoms with Crippen molar-refractivity contribution in [3.63, 3.8) is 0 Å². The van der Waals surface area contributed by atoms with Crippen LogP contribution in [-0.4, -0.2) is 23.0 Å². The summed E-state index contributed by atoms with van der Waals surface area (Å²) in [4.78, 5) is 2.58. The van der Waals surface area contributed by atoms with Crippen LogP contribution in [0.25, 0.3) is 0 Å². The Bertz CT molecular complexity index is 391. The predicted octanol–water partition coefficient (Wildman–Crippen LogP) is 4.13. The van der Waals surface area contributed by atoms with Crippen LogP contribution in [0.3, 0.4) is 0 Å². The third-order valence-corrected chi connectivity index (χ3v) is 5.20. The summed E-state index contributed by atoms with van der Waals surface area (Å²) < 4.78 is 0. The van der Waals surface area contributed by atoms with Crippen molar-refractivity contribution in [3.05, 3.63) is 35.9 Å². The molecule has 1 heteroatoms. The quantitative estimate of drug-likeness (QED) is 0.757. The minimum atomic E-state index is 0.275. The van der Waals surface area contributed by atoms with Crippen LogP contribution >= 0.6 is 0 Å². The van der Waals surface area contributed by atoms with Gasteiger partial charge in [0.15, 0.2) is 0 Å². The normalized spacial score (nSPS) is 27.1. The van der Waals surface area contributed by atoms with Crippen molar-refractivity contribution in [2.45, 2.75) is 58.0 Å². The van der Waals surface area contributed by atoms with Crippen LogP contribution < -0.4 is 0 Å². The summed E-state index contributed by atoms with van der Waals surface area (Å²) in [7, 11) is 2.29.